The van der Waals surface area contributed by atoms with E-state index >= 15 is 0 Å². The van der Waals surface area contributed by atoms with Gasteiger partial charge >= 0.3 is 0 Å². The van der Waals surface area contributed by atoms with E-state index < -0.39 is 6.04 Å². The Balaban J connectivity index is 2.04. The highest BCUT2D eigenvalue weighted by atomic mass is 32.1. The zero-order valence-corrected chi connectivity index (χ0v) is 11.2. The van der Waals surface area contributed by atoms with Crippen LogP contribution in [0.1, 0.15) is 37.6 Å². The van der Waals surface area contributed by atoms with E-state index in [1.807, 2.05) is 22.4 Å². The van der Waals surface area contributed by atoms with Gasteiger partial charge in [-0.1, -0.05) is 6.07 Å². The fourth-order valence-electron chi connectivity index (χ4n) is 1.90. The molecule has 17 heavy (non-hydrogen) atoms. The summed E-state index contributed by atoms with van der Waals surface area (Å²) in [5.41, 5.74) is 6.04. The third-order valence-corrected chi connectivity index (χ3v) is 4.13. The highest BCUT2D eigenvalue weighted by Gasteiger charge is 2.31. The molecule has 1 atom stereocenters. The monoisotopic (exact) mass is 252 g/mol. The van der Waals surface area contributed by atoms with Crippen molar-refractivity contribution in [2.24, 2.45) is 11.7 Å². The van der Waals surface area contributed by atoms with Crippen LogP contribution in [0.3, 0.4) is 0 Å². The first-order chi connectivity index (χ1) is 8.09. The van der Waals surface area contributed by atoms with Crippen molar-refractivity contribution >= 4 is 17.2 Å². The van der Waals surface area contributed by atoms with Gasteiger partial charge in [-0.15, -0.1) is 11.3 Å². The highest BCUT2D eigenvalue weighted by Crippen LogP contribution is 2.31. The smallest absolute Gasteiger partial charge is 0.245 e. The number of hydrogen-bond acceptors (Lipinski definition) is 3. The van der Waals surface area contributed by atoms with Crippen molar-refractivity contribution in [1.82, 2.24) is 4.90 Å². The lowest BCUT2D eigenvalue weighted by Gasteiger charge is -2.29. The lowest BCUT2D eigenvalue weighted by Crippen LogP contribution is -2.43. The first kappa shape index (κ1) is 12.6. The van der Waals surface area contributed by atoms with Crippen molar-refractivity contribution in [1.29, 1.82) is 0 Å². The molecule has 1 saturated carbocycles. The lowest BCUT2D eigenvalue weighted by molar-refractivity contribution is -0.134. The summed E-state index contributed by atoms with van der Waals surface area (Å²) in [6, 6.07) is 3.61. The Morgan fingerprint density at radius 1 is 1.59 bits per heavy atom. The summed E-state index contributed by atoms with van der Waals surface area (Å²) in [5, 5.41) is 1.96. The molecule has 0 aliphatic heterocycles. The Hall–Kier alpha value is -0.870. The second-order valence-electron chi connectivity index (χ2n) is 5.02. The van der Waals surface area contributed by atoms with Crippen LogP contribution in [-0.2, 0) is 4.79 Å². The van der Waals surface area contributed by atoms with Crippen molar-refractivity contribution in [3.05, 3.63) is 22.4 Å². The summed E-state index contributed by atoms with van der Waals surface area (Å²) in [6.07, 6.45) is 2.51. The van der Waals surface area contributed by atoms with Gasteiger partial charge in [0.05, 0.1) is 0 Å². The quantitative estimate of drug-likeness (QED) is 0.874. The standard InChI is InChI=1S/C13H20N2OS/c1-9(2)15(8-10-5-6-10)13(16)12(14)11-4-3-7-17-11/h3-4,7,9-10,12H,5-6,8,14H2,1-2H3. The van der Waals surface area contributed by atoms with Crippen molar-refractivity contribution in [2.45, 2.75) is 38.8 Å². The molecule has 0 spiro atoms. The zero-order chi connectivity index (χ0) is 12.4. The molecule has 94 valence electrons. The molecule has 1 aliphatic carbocycles. The summed E-state index contributed by atoms with van der Waals surface area (Å²) in [5.74, 6) is 0.770. The minimum atomic E-state index is -0.490. The van der Waals surface area contributed by atoms with E-state index in [0.717, 1.165) is 11.4 Å². The fraction of sp³-hybridized carbons (Fsp3) is 0.615. The van der Waals surface area contributed by atoms with Gasteiger partial charge in [0.25, 0.3) is 0 Å². The lowest BCUT2D eigenvalue weighted by atomic mass is 10.2. The Bertz CT molecular complexity index is 371. The first-order valence-electron chi connectivity index (χ1n) is 6.19. The maximum Gasteiger partial charge on any atom is 0.245 e. The van der Waals surface area contributed by atoms with Crippen LogP contribution in [0.15, 0.2) is 17.5 Å². The van der Waals surface area contributed by atoms with Gasteiger partial charge in [0.15, 0.2) is 0 Å². The average molecular weight is 252 g/mol. The number of nitrogens with two attached hydrogens (primary N) is 1. The van der Waals surface area contributed by atoms with E-state index in [2.05, 4.69) is 13.8 Å². The third kappa shape index (κ3) is 3.07. The molecule has 3 nitrogen and oxygen atoms in total. The van der Waals surface area contributed by atoms with Crippen LogP contribution in [0.4, 0.5) is 0 Å². The van der Waals surface area contributed by atoms with Crippen LogP contribution >= 0.6 is 11.3 Å². The number of carbonyl (C=O) groups is 1. The minimum Gasteiger partial charge on any atom is -0.338 e. The predicted octanol–water partition coefficient (Wildman–Crippen LogP) is 2.39. The molecule has 1 aromatic heterocycles. The van der Waals surface area contributed by atoms with E-state index in [0.29, 0.717) is 5.92 Å². The van der Waals surface area contributed by atoms with Gasteiger partial charge < -0.3 is 10.6 Å². The summed E-state index contributed by atoms with van der Waals surface area (Å²) in [4.78, 5) is 15.2. The fourth-order valence-corrected chi connectivity index (χ4v) is 2.62. The summed E-state index contributed by atoms with van der Waals surface area (Å²) in [6.45, 7) is 4.98. The molecule has 0 aromatic carbocycles. The molecule has 2 N–H and O–H groups in total. The highest BCUT2D eigenvalue weighted by molar-refractivity contribution is 7.10. The van der Waals surface area contributed by atoms with Crippen molar-refractivity contribution in [3.63, 3.8) is 0 Å². The number of carbonyl (C=O) groups excluding carboxylic acids is 1. The van der Waals surface area contributed by atoms with Gasteiger partial charge in [0.1, 0.15) is 6.04 Å². The van der Waals surface area contributed by atoms with Gasteiger partial charge in [0, 0.05) is 17.5 Å². The second-order valence-corrected chi connectivity index (χ2v) is 6.00. The summed E-state index contributed by atoms with van der Waals surface area (Å²) < 4.78 is 0. The van der Waals surface area contributed by atoms with Crippen LogP contribution < -0.4 is 5.73 Å². The van der Waals surface area contributed by atoms with E-state index in [1.165, 1.54) is 12.8 Å². The van der Waals surface area contributed by atoms with Crippen LogP contribution in [-0.4, -0.2) is 23.4 Å². The maximum atomic E-state index is 12.4. The molecular weight excluding hydrogens is 232 g/mol. The van der Waals surface area contributed by atoms with Crippen LogP contribution in [0.5, 0.6) is 0 Å². The molecule has 2 rings (SSSR count). The van der Waals surface area contributed by atoms with Crippen molar-refractivity contribution in [2.75, 3.05) is 6.54 Å². The Labute approximate surface area is 107 Å². The van der Waals surface area contributed by atoms with Gasteiger partial charge in [-0.05, 0) is 44.1 Å². The second kappa shape index (κ2) is 5.19. The van der Waals surface area contributed by atoms with E-state index in [-0.39, 0.29) is 11.9 Å². The molecule has 1 amide bonds. The van der Waals surface area contributed by atoms with Crippen molar-refractivity contribution in [3.8, 4) is 0 Å². The van der Waals surface area contributed by atoms with Gasteiger partial charge in [-0.25, -0.2) is 0 Å². The average Bonchev–Trinajstić information content (AvgIpc) is 2.95. The molecule has 0 saturated heterocycles. The molecule has 0 radical (unpaired) electrons. The zero-order valence-electron chi connectivity index (χ0n) is 10.4. The SMILES string of the molecule is CC(C)N(CC1CC1)C(=O)C(N)c1cccs1. The molecule has 1 aliphatic rings. The van der Waals surface area contributed by atoms with Crippen LogP contribution in [0, 0.1) is 5.92 Å². The van der Waals surface area contributed by atoms with E-state index in [1.54, 1.807) is 11.3 Å². The van der Waals surface area contributed by atoms with Gasteiger partial charge in [-0.2, -0.15) is 0 Å². The number of rotatable bonds is 5. The Morgan fingerprint density at radius 2 is 2.29 bits per heavy atom. The predicted molar refractivity (Wildman–Crippen MR) is 70.8 cm³/mol. The Kier molecular flexibility index (Phi) is 3.84. The topological polar surface area (TPSA) is 46.3 Å². The number of thiophene rings is 1. The molecule has 0 bridgehead atoms. The summed E-state index contributed by atoms with van der Waals surface area (Å²) in [7, 11) is 0. The molecule has 1 fully saturated rings. The molecule has 4 heteroatoms. The van der Waals surface area contributed by atoms with Crippen molar-refractivity contribution < 1.29 is 4.79 Å². The maximum absolute atomic E-state index is 12.4. The number of hydrogen-bond donors (Lipinski definition) is 1. The normalized spacial score (nSPS) is 17.2. The molecular formula is C13H20N2OS. The van der Waals surface area contributed by atoms with Crippen LogP contribution in [0.2, 0.25) is 0 Å². The third-order valence-electron chi connectivity index (χ3n) is 3.17. The van der Waals surface area contributed by atoms with Gasteiger partial charge in [-0.3, -0.25) is 4.79 Å². The minimum absolute atomic E-state index is 0.0642. The first-order valence-corrected chi connectivity index (χ1v) is 7.07. The summed E-state index contributed by atoms with van der Waals surface area (Å²) >= 11 is 1.55. The van der Waals surface area contributed by atoms with E-state index in [4.69, 9.17) is 5.73 Å². The number of nitrogens with zero attached hydrogens (tertiary/aromatic N) is 1. The molecule has 1 aromatic rings. The van der Waals surface area contributed by atoms with E-state index in [9.17, 15) is 4.79 Å². The van der Waals surface area contributed by atoms with Gasteiger partial charge in [0.2, 0.25) is 5.91 Å². The Morgan fingerprint density at radius 3 is 2.76 bits per heavy atom. The number of amides is 1. The molecule has 1 unspecified atom stereocenters. The largest absolute Gasteiger partial charge is 0.338 e. The molecule has 1 heterocycles. The van der Waals surface area contributed by atoms with Crippen LogP contribution in [0.25, 0.3) is 0 Å².